The fourth-order valence-electron chi connectivity index (χ4n) is 7.71. The molecule has 2 heterocycles. The molecule has 228 valence electrons. The minimum atomic E-state index is -1.37. The highest BCUT2D eigenvalue weighted by molar-refractivity contribution is 5.56. The van der Waals surface area contributed by atoms with Gasteiger partial charge in [-0.1, -0.05) is 72.8 Å². The van der Waals surface area contributed by atoms with E-state index in [1.54, 1.807) is 14.2 Å². The van der Waals surface area contributed by atoms with Gasteiger partial charge in [-0.05, 0) is 83.3 Å². The van der Waals surface area contributed by atoms with Gasteiger partial charge in [0.2, 0.25) is 0 Å². The molecule has 0 aromatic heterocycles. The Kier molecular flexibility index (Phi) is 7.93. The van der Waals surface area contributed by atoms with Gasteiger partial charge >= 0.3 is 0 Å². The van der Waals surface area contributed by atoms with E-state index in [1.165, 1.54) is 5.56 Å². The van der Waals surface area contributed by atoms with Crippen molar-refractivity contribution in [3.63, 3.8) is 0 Å². The molecular formula is C38H41NO5. The summed E-state index contributed by atoms with van der Waals surface area (Å²) in [5, 5.41) is 13.1. The minimum Gasteiger partial charge on any atom is -0.489 e. The van der Waals surface area contributed by atoms with E-state index in [0.717, 1.165) is 71.6 Å². The van der Waals surface area contributed by atoms with Gasteiger partial charge in [0.25, 0.3) is 0 Å². The van der Waals surface area contributed by atoms with Gasteiger partial charge in [-0.2, -0.15) is 0 Å². The van der Waals surface area contributed by atoms with Crippen LogP contribution in [0.2, 0.25) is 0 Å². The Labute approximate surface area is 260 Å². The zero-order valence-electron chi connectivity index (χ0n) is 25.6. The number of hydrogen-bond acceptors (Lipinski definition) is 6. The monoisotopic (exact) mass is 591 g/mol. The molecule has 0 radical (unpaired) electrons. The second-order valence-corrected chi connectivity index (χ2v) is 12.3. The van der Waals surface area contributed by atoms with Crippen molar-refractivity contribution in [3.8, 4) is 5.75 Å². The lowest BCUT2D eigenvalue weighted by Crippen LogP contribution is -2.53. The van der Waals surface area contributed by atoms with Gasteiger partial charge in [0, 0.05) is 38.9 Å². The zero-order chi connectivity index (χ0) is 30.1. The molecule has 0 amide bonds. The Morgan fingerprint density at radius 2 is 1.57 bits per heavy atom. The van der Waals surface area contributed by atoms with Crippen LogP contribution in [0.15, 0.2) is 97.1 Å². The van der Waals surface area contributed by atoms with Crippen molar-refractivity contribution in [1.82, 2.24) is 0 Å². The number of methoxy groups -OCH3 is 2. The fourth-order valence-corrected chi connectivity index (χ4v) is 7.71. The first kappa shape index (κ1) is 29.1. The van der Waals surface area contributed by atoms with Gasteiger partial charge in [-0.25, -0.2) is 0 Å². The molecule has 1 aliphatic carbocycles. The Morgan fingerprint density at radius 3 is 2.32 bits per heavy atom. The Balaban J connectivity index is 1.21. The topological polar surface area (TPSA) is 60.4 Å². The SMILES string of the molecule is COC(OC)C1CCN(c2ccc(C3(O)c4ccc(OCc5ccccc5)cc4COC34CCc3ccccc34)cc2)CC1. The fraction of sp³-hybridized carbons (Fsp3) is 0.368. The third kappa shape index (κ3) is 4.90. The number of aliphatic hydroxyl groups is 1. The van der Waals surface area contributed by atoms with E-state index in [-0.39, 0.29) is 6.29 Å². The number of hydrogen-bond donors (Lipinski definition) is 1. The molecule has 6 heteroatoms. The molecule has 2 atom stereocenters. The number of anilines is 1. The van der Waals surface area contributed by atoms with E-state index in [2.05, 4.69) is 65.6 Å². The molecule has 0 bridgehead atoms. The predicted octanol–water partition coefficient (Wildman–Crippen LogP) is 6.71. The number of benzene rings is 4. The van der Waals surface area contributed by atoms with Crippen molar-refractivity contribution in [1.29, 1.82) is 0 Å². The van der Waals surface area contributed by atoms with Crippen molar-refractivity contribution in [2.24, 2.45) is 5.92 Å². The maximum atomic E-state index is 13.1. The van der Waals surface area contributed by atoms with E-state index in [4.69, 9.17) is 18.9 Å². The van der Waals surface area contributed by atoms with E-state index in [0.29, 0.717) is 25.6 Å². The number of rotatable bonds is 8. The lowest BCUT2D eigenvalue weighted by atomic mass is 9.67. The molecular weight excluding hydrogens is 550 g/mol. The summed E-state index contributed by atoms with van der Waals surface area (Å²) in [5.41, 5.74) is 5.00. The largest absolute Gasteiger partial charge is 0.489 e. The molecule has 7 rings (SSSR count). The van der Waals surface area contributed by atoms with Gasteiger partial charge in [0.15, 0.2) is 6.29 Å². The summed E-state index contributed by atoms with van der Waals surface area (Å²) in [5.74, 6) is 1.16. The van der Waals surface area contributed by atoms with E-state index >= 15 is 0 Å². The van der Waals surface area contributed by atoms with Crippen LogP contribution in [-0.4, -0.2) is 38.7 Å². The molecule has 4 aromatic carbocycles. The van der Waals surface area contributed by atoms with Crippen LogP contribution < -0.4 is 9.64 Å². The van der Waals surface area contributed by atoms with E-state index in [9.17, 15) is 5.11 Å². The second-order valence-electron chi connectivity index (χ2n) is 12.3. The number of nitrogens with zero attached hydrogens (tertiary/aromatic N) is 1. The van der Waals surface area contributed by atoms with Crippen molar-refractivity contribution < 1.29 is 24.1 Å². The molecule has 2 aliphatic heterocycles. The van der Waals surface area contributed by atoms with Crippen LogP contribution >= 0.6 is 0 Å². The maximum Gasteiger partial charge on any atom is 0.159 e. The van der Waals surface area contributed by atoms with Gasteiger partial charge in [0.05, 0.1) is 6.61 Å². The quantitative estimate of drug-likeness (QED) is 0.230. The molecule has 2 unspecified atom stereocenters. The summed E-state index contributed by atoms with van der Waals surface area (Å²) in [6.45, 7) is 2.77. The molecule has 3 aliphatic rings. The summed E-state index contributed by atoms with van der Waals surface area (Å²) in [7, 11) is 3.43. The minimum absolute atomic E-state index is 0.158. The lowest BCUT2D eigenvalue weighted by Gasteiger charge is -2.50. The molecule has 4 aromatic rings. The van der Waals surface area contributed by atoms with Crippen molar-refractivity contribution in [2.75, 3.05) is 32.2 Å². The van der Waals surface area contributed by atoms with Crippen LogP contribution in [0, 0.1) is 5.92 Å². The number of piperidine rings is 1. The van der Waals surface area contributed by atoms with Gasteiger partial charge < -0.3 is 29.0 Å². The maximum absolute atomic E-state index is 13.1. The van der Waals surface area contributed by atoms with Crippen LogP contribution in [-0.2, 0) is 45.0 Å². The average molecular weight is 592 g/mol. The first-order valence-electron chi connectivity index (χ1n) is 15.7. The third-order valence-corrected chi connectivity index (χ3v) is 10.0. The summed E-state index contributed by atoms with van der Waals surface area (Å²) >= 11 is 0. The molecule has 6 nitrogen and oxygen atoms in total. The first-order chi connectivity index (χ1) is 21.6. The van der Waals surface area contributed by atoms with E-state index < -0.39 is 11.2 Å². The average Bonchev–Trinajstić information content (AvgIpc) is 3.47. The molecule has 1 spiro atoms. The van der Waals surface area contributed by atoms with Crippen LogP contribution in [0.25, 0.3) is 0 Å². The summed E-state index contributed by atoms with van der Waals surface area (Å²) < 4.78 is 24.0. The highest BCUT2D eigenvalue weighted by Gasteiger charge is 2.60. The van der Waals surface area contributed by atoms with Crippen molar-refractivity contribution in [2.45, 2.75) is 56.4 Å². The predicted molar refractivity (Wildman–Crippen MR) is 171 cm³/mol. The molecule has 44 heavy (non-hydrogen) atoms. The summed E-state index contributed by atoms with van der Waals surface area (Å²) in [4.78, 5) is 2.41. The number of aryl methyl sites for hydroxylation is 1. The standard InChI is InChI=1S/C38H41NO5/c1-41-36(42-2)29-19-22-39(23-20-29)32-14-12-31(13-15-32)38(40)35-17-16-33(43-25-27-8-4-3-5-9-27)24-30(35)26-44-37(38)21-18-28-10-6-7-11-34(28)37/h3-17,24,29,36,40H,18-23,25-26H2,1-2H3. The Hall–Kier alpha value is -3.68. The highest BCUT2D eigenvalue weighted by atomic mass is 16.7. The Bertz CT molecular complexity index is 1580. The molecule has 1 saturated heterocycles. The van der Waals surface area contributed by atoms with Crippen LogP contribution in [0.3, 0.4) is 0 Å². The van der Waals surface area contributed by atoms with Crippen LogP contribution in [0.1, 0.15) is 52.6 Å². The second kappa shape index (κ2) is 12.0. The number of fused-ring (bicyclic) bond motifs is 3. The first-order valence-corrected chi connectivity index (χ1v) is 15.7. The smallest absolute Gasteiger partial charge is 0.159 e. The molecule has 0 saturated carbocycles. The van der Waals surface area contributed by atoms with Gasteiger partial charge in [-0.15, -0.1) is 0 Å². The van der Waals surface area contributed by atoms with Crippen LogP contribution in [0.5, 0.6) is 5.75 Å². The molecule has 1 N–H and O–H groups in total. The number of ether oxygens (including phenoxy) is 4. The summed E-state index contributed by atoms with van der Waals surface area (Å²) in [6, 6.07) is 33.1. The van der Waals surface area contributed by atoms with E-state index in [1.807, 2.05) is 36.4 Å². The normalized spacial score (nSPS) is 23.1. The van der Waals surface area contributed by atoms with Gasteiger partial charge in [0.1, 0.15) is 23.6 Å². The summed E-state index contributed by atoms with van der Waals surface area (Å²) in [6.07, 6.45) is 3.43. The molecule has 1 fully saturated rings. The third-order valence-electron chi connectivity index (χ3n) is 10.0. The van der Waals surface area contributed by atoms with Crippen LogP contribution in [0.4, 0.5) is 5.69 Å². The van der Waals surface area contributed by atoms with Crippen molar-refractivity contribution >= 4 is 5.69 Å². The Morgan fingerprint density at radius 1 is 0.841 bits per heavy atom. The van der Waals surface area contributed by atoms with Crippen molar-refractivity contribution in [3.05, 3.63) is 130 Å². The lowest BCUT2D eigenvalue weighted by molar-refractivity contribution is -0.197. The van der Waals surface area contributed by atoms with Gasteiger partial charge in [-0.3, -0.25) is 0 Å². The zero-order valence-corrected chi connectivity index (χ0v) is 25.6. The highest BCUT2D eigenvalue weighted by Crippen LogP contribution is 2.58.